The van der Waals surface area contributed by atoms with Gasteiger partial charge in [0.15, 0.2) is 4.99 Å². The van der Waals surface area contributed by atoms with E-state index in [1.807, 2.05) is 23.5 Å². The second-order valence-corrected chi connectivity index (χ2v) is 17.1. The number of carbonyl (C=O) groups is 2. The summed E-state index contributed by atoms with van der Waals surface area (Å²) < 4.78 is 0. The number of nitrogens with zero attached hydrogens (tertiary/aromatic N) is 1. The predicted octanol–water partition coefficient (Wildman–Crippen LogP) is 6.32. The average Bonchev–Trinajstić information content (AvgIpc) is 3.55. The quantitative estimate of drug-likeness (QED) is 0.230. The third-order valence-corrected chi connectivity index (χ3v) is 12.5. The van der Waals surface area contributed by atoms with Crippen molar-refractivity contribution in [3.05, 3.63) is 22.0 Å². The Hall–Kier alpha value is -0.360. The first kappa shape index (κ1) is 32.6. The van der Waals surface area contributed by atoms with E-state index < -0.39 is 0 Å². The van der Waals surface area contributed by atoms with Gasteiger partial charge in [0.1, 0.15) is 16.6 Å². The van der Waals surface area contributed by atoms with Gasteiger partial charge in [-0.3, -0.25) is 14.5 Å². The molecule has 0 aliphatic carbocycles. The summed E-state index contributed by atoms with van der Waals surface area (Å²) in [6, 6.07) is 0. The number of Topliss-reactive ketones (excluding diaryl/α,β-unsaturated/α-hetero) is 2. The largest absolute Gasteiger partial charge is 0.326 e. The smallest absolute Gasteiger partial charge is 0.202 e. The summed E-state index contributed by atoms with van der Waals surface area (Å²) in [7, 11) is 0. The Labute approximate surface area is 269 Å². The second-order valence-electron chi connectivity index (χ2n) is 13.0. The molecular formula is C30H41N2O2S6+. The van der Waals surface area contributed by atoms with E-state index >= 15 is 0 Å². The number of carbonyl (C=O) groups excluding carboxylic acids is 2. The van der Waals surface area contributed by atoms with Crippen LogP contribution in [0, 0.1) is 22.7 Å². The molecule has 4 nitrogen and oxygen atoms in total. The van der Waals surface area contributed by atoms with E-state index in [9.17, 15) is 9.59 Å². The van der Waals surface area contributed by atoms with Crippen molar-refractivity contribution in [1.82, 2.24) is 4.90 Å². The average molecular weight is 654 g/mol. The fourth-order valence-corrected chi connectivity index (χ4v) is 10.1. The zero-order chi connectivity index (χ0) is 29.2. The van der Waals surface area contributed by atoms with Crippen molar-refractivity contribution in [3.8, 4) is 0 Å². The minimum atomic E-state index is -0.111. The van der Waals surface area contributed by atoms with Crippen LogP contribution in [-0.2, 0) is 9.59 Å². The van der Waals surface area contributed by atoms with Crippen molar-refractivity contribution < 1.29 is 14.5 Å². The van der Waals surface area contributed by atoms with Gasteiger partial charge in [-0.25, -0.2) is 0 Å². The topological polar surface area (TPSA) is 41.8 Å². The SMILES string of the molecule is CC(C)(CCC(=O)CCC(=O)CCC(C)(C)C[NH+]1C(=S)C=C2SCCC2C1=S)CN1C(=S)C=C2SCCC2C1=S. The molecule has 10 heteroatoms. The van der Waals surface area contributed by atoms with Gasteiger partial charge in [-0.05, 0) is 78.0 Å². The van der Waals surface area contributed by atoms with Crippen LogP contribution in [0.1, 0.15) is 79.1 Å². The van der Waals surface area contributed by atoms with E-state index in [2.05, 4.69) is 44.7 Å². The first-order valence-electron chi connectivity index (χ1n) is 14.3. The van der Waals surface area contributed by atoms with Crippen molar-refractivity contribution in [2.45, 2.75) is 79.1 Å². The van der Waals surface area contributed by atoms with Crippen LogP contribution in [0.15, 0.2) is 22.0 Å². The fraction of sp³-hybridized carbons (Fsp3) is 0.667. The third-order valence-electron chi connectivity index (χ3n) is 8.40. The molecule has 0 bridgehead atoms. The lowest BCUT2D eigenvalue weighted by Gasteiger charge is -2.38. The Morgan fingerprint density at radius 1 is 0.850 bits per heavy atom. The summed E-state index contributed by atoms with van der Waals surface area (Å²) in [6.07, 6.45) is 9.55. The molecule has 218 valence electrons. The molecule has 0 spiro atoms. The maximum absolute atomic E-state index is 12.7. The molecule has 4 aliphatic heterocycles. The molecule has 3 atom stereocenters. The number of quaternary nitrogens is 1. The van der Waals surface area contributed by atoms with Gasteiger partial charge in [0.05, 0.1) is 17.5 Å². The molecule has 0 saturated carbocycles. The van der Waals surface area contributed by atoms with Gasteiger partial charge >= 0.3 is 0 Å². The zero-order valence-corrected chi connectivity index (χ0v) is 28.9. The predicted molar refractivity (Wildman–Crippen MR) is 186 cm³/mol. The standard InChI is InChI=1S/C30H40N2O2S6/c1-29(2,17-31-25(35)15-23-21(27(31)37)9-13-39-23)11-7-19(33)5-6-20(34)8-12-30(3,4)18-32-26(36)16-24-22(28(32)38)10-14-40-24/h15-16,21-22H,5-14,17-18H2,1-4H3/p+1. The first-order chi connectivity index (χ1) is 18.8. The fourth-order valence-electron chi connectivity index (χ4n) is 5.80. The highest BCUT2D eigenvalue weighted by Gasteiger charge is 2.41. The van der Waals surface area contributed by atoms with Crippen molar-refractivity contribution in [2.24, 2.45) is 22.7 Å². The summed E-state index contributed by atoms with van der Waals surface area (Å²) in [5.74, 6) is 3.21. The molecule has 2 saturated heterocycles. The molecule has 0 radical (unpaired) electrons. The Kier molecular flexibility index (Phi) is 11.0. The molecule has 1 N–H and O–H groups in total. The van der Waals surface area contributed by atoms with Crippen molar-refractivity contribution >= 4 is 104 Å². The molecule has 4 heterocycles. The third kappa shape index (κ3) is 8.17. The van der Waals surface area contributed by atoms with Crippen LogP contribution >= 0.6 is 72.4 Å². The molecule has 4 aliphatic rings. The second kappa shape index (κ2) is 13.5. The molecule has 0 aromatic carbocycles. The van der Waals surface area contributed by atoms with Crippen LogP contribution in [0.5, 0.6) is 0 Å². The summed E-state index contributed by atoms with van der Waals surface area (Å²) in [5, 5.41) is 0. The van der Waals surface area contributed by atoms with Gasteiger partial charge in [-0.1, -0.05) is 52.1 Å². The maximum atomic E-state index is 12.7. The zero-order valence-electron chi connectivity index (χ0n) is 24.0. The van der Waals surface area contributed by atoms with E-state index in [-0.39, 0.29) is 22.4 Å². The number of fused-ring (bicyclic) bond motifs is 2. The van der Waals surface area contributed by atoms with E-state index in [0.29, 0.717) is 37.5 Å². The molecular weight excluding hydrogens is 613 g/mol. The number of nitrogens with one attached hydrogen (secondary N) is 1. The minimum Gasteiger partial charge on any atom is -0.326 e. The van der Waals surface area contributed by atoms with Crippen LogP contribution in [0.3, 0.4) is 0 Å². The summed E-state index contributed by atoms with van der Waals surface area (Å²) in [4.78, 5) is 34.9. The Morgan fingerprint density at radius 2 is 1.40 bits per heavy atom. The van der Waals surface area contributed by atoms with Gasteiger partial charge in [0.2, 0.25) is 4.99 Å². The van der Waals surface area contributed by atoms with Crippen molar-refractivity contribution in [2.75, 3.05) is 24.6 Å². The van der Waals surface area contributed by atoms with Crippen LogP contribution in [0.2, 0.25) is 0 Å². The molecule has 0 aromatic rings. The van der Waals surface area contributed by atoms with Gasteiger partial charge in [-0.15, -0.1) is 23.5 Å². The number of hydrogen-bond acceptors (Lipinski definition) is 8. The Bertz CT molecular complexity index is 1080. The lowest BCUT2D eigenvalue weighted by Crippen LogP contribution is -3.18. The van der Waals surface area contributed by atoms with Gasteiger partial charge in [0, 0.05) is 54.5 Å². The van der Waals surface area contributed by atoms with Crippen LogP contribution < -0.4 is 4.90 Å². The molecule has 0 aromatic heterocycles. The molecule has 0 amide bonds. The summed E-state index contributed by atoms with van der Waals surface area (Å²) >= 11 is 26.7. The highest BCUT2D eigenvalue weighted by Crippen LogP contribution is 2.42. The Balaban J connectivity index is 1.17. The van der Waals surface area contributed by atoms with Crippen molar-refractivity contribution in [1.29, 1.82) is 0 Å². The summed E-state index contributed by atoms with van der Waals surface area (Å²) in [6.45, 7) is 10.2. The first-order valence-corrected chi connectivity index (χ1v) is 17.9. The van der Waals surface area contributed by atoms with Crippen LogP contribution in [0.25, 0.3) is 0 Å². The van der Waals surface area contributed by atoms with Gasteiger partial charge in [0.25, 0.3) is 0 Å². The van der Waals surface area contributed by atoms with Crippen LogP contribution in [0.4, 0.5) is 0 Å². The normalized spacial score (nSPS) is 25.1. The molecule has 4 rings (SSSR count). The molecule has 40 heavy (non-hydrogen) atoms. The number of ketones is 2. The lowest BCUT2D eigenvalue weighted by atomic mass is 9.84. The van der Waals surface area contributed by atoms with E-state index in [1.54, 1.807) is 0 Å². The Morgan fingerprint density at radius 3 is 2.02 bits per heavy atom. The number of hydrogen-bond donors (Lipinski definition) is 1. The maximum Gasteiger partial charge on any atom is 0.202 e. The highest BCUT2D eigenvalue weighted by atomic mass is 32.2. The number of thiocarbonyl (C=S) groups is 4. The minimum absolute atomic E-state index is 0.0764. The van der Waals surface area contributed by atoms with Gasteiger partial charge in [-0.2, -0.15) is 0 Å². The molecule has 2 fully saturated rings. The van der Waals surface area contributed by atoms with Crippen molar-refractivity contribution in [3.63, 3.8) is 0 Å². The van der Waals surface area contributed by atoms with Gasteiger partial charge < -0.3 is 4.90 Å². The molecule has 3 unspecified atom stereocenters. The highest BCUT2D eigenvalue weighted by molar-refractivity contribution is 8.03. The van der Waals surface area contributed by atoms with Crippen LogP contribution in [-0.4, -0.2) is 61.0 Å². The monoisotopic (exact) mass is 653 g/mol. The van der Waals surface area contributed by atoms with E-state index in [4.69, 9.17) is 48.9 Å². The lowest BCUT2D eigenvalue weighted by molar-refractivity contribution is -0.709. The van der Waals surface area contributed by atoms with E-state index in [0.717, 1.165) is 75.1 Å². The summed E-state index contributed by atoms with van der Waals surface area (Å²) in [5.41, 5.74) is -0.188. The number of thioether (sulfide) groups is 2. The number of rotatable bonds is 13. The van der Waals surface area contributed by atoms with E-state index in [1.165, 1.54) is 9.81 Å².